The molecule has 0 saturated carbocycles. The number of aromatic nitrogens is 4. The molecule has 3 aromatic rings. The third-order valence-electron chi connectivity index (χ3n) is 4.01. The van der Waals surface area contributed by atoms with Crippen molar-refractivity contribution in [1.29, 1.82) is 0 Å². The van der Waals surface area contributed by atoms with Crippen LogP contribution in [0.4, 0.5) is 23.7 Å². The topological polar surface area (TPSA) is 94.0 Å². The highest BCUT2D eigenvalue weighted by Gasteiger charge is 2.27. The number of halogens is 3. The molecule has 3 rings (SSSR count). The first kappa shape index (κ1) is 21.2. The van der Waals surface area contributed by atoms with Gasteiger partial charge in [0.1, 0.15) is 6.61 Å². The zero-order valence-corrected chi connectivity index (χ0v) is 16.0. The van der Waals surface area contributed by atoms with E-state index in [4.69, 9.17) is 0 Å². The predicted octanol–water partition coefficient (Wildman–Crippen LogP) is 3.28. The second-order valence-corrected chi connectivity index (χ2v) is 6.44. The monoisotopic (exact) mass is 420 g/mol. The van der Waals surface area contributed by atoms with E-state index in [1.807, 2.05) is 6.07 Å². The molecule has 2 N–H and O–H groups in total. The Morgan fingerprint density at radius 2 is 1.87 bits per heavy atom. The van der Waals surface area contributed by atoms with E-state index in [-0.39, 0.29) is 13.2 Å². The fraction of sp³-hybridized carbons (Fsp3) is 0.263. The van der Waals surface area contributed by atoms with Gasteiger partial charge in [-0.2, -0.15) is 13.2 Å². The van der Waals surface area contributed by atoms with Gasteiger partial charge >= 0.3 is 12.2 Å². The van der Waals surface area contributed by atoms with E-state index in [9.17, 15) is 18.0 Å². The highest BCUT2D eigenvalue weighted by atomic mass is 19.4. The fourth-order valence-electron chi connectivity index (χ4n) is 2.61. The summed E-state index contributed by atoms with van der Waals surface area (Å²) in [4.78, 5) is 12.2. The van der Waals surface area contributed by atoms with Gasteiger partial charge in [0.2, 0.25) is 0 Å². The number of nitrogens with one attached hydrogen (secondary N) is 2. The number of benzene rings is 2. The van der Waals surface area contributed by atoms with Crippen LogP contribution in [-0.2, 0) is 24.9 Å². The summed E-state index contributed by atoms with van der Waals surface area (Å²) in [5, 5.41) is 16.8. The van der Waals surface area contributed by atoms with Gasteiger partial charge < -0.3 is 15.4 Å². The number of hydrogen-bond acceptors (Lipinski definition) is 5. The molecule has 0 atom stereocenters. The van der Waals surface area contributed by atoms with E-state index >= 15 is 0 Å². The largest absolute Gasteiger partial charge is 0.411 e. The molecule has 0 saturated heterocycles. The Morgan fingerprint density at radius 1 is 1.13 bits per heavy atom. The van der Waals surface area contributed by atoms with Crippen molar-refractivity contribution in [3.8, 4) is 11.4 Å². The SMILES string of the molecule is Cn1nnnc1-c1cccc(NC(=O)NCc2ccc(COCC(F)(F)F)cc2)c1. The van der Waals surface area contributed by atoms with Crippen molar-refractivity contribution in [2.24, 2.45) is 7.05 Å². The maximum absolute atomic E-state index is 12.2. The van der Waals surface area contributed by atoms with E-state index in [1.165, 1.54) is 4.68 Å². The second-order valence-electron chi connectivity index (χ2n) is 6.44. The minimum Gasteiger partial charge on any atom is -0.367 e. The van der Waals surface area contributed by atoms with Gasteiger partial charge in [0.25, 0.3) is 0 Å². The van der Waals surface area contributed by atoms with Crippen molar-refractivity contribution in [1.82, 2.24) is 25.5 Å². The first-order valence-corrected chi connectivity index (χ1v) is 8.90. The molecule has 0 radical (unpaired) electrons. The molecule has 0 fully saturated rings. The third kappa shape index (κ3) is 6.27. The molecule has 30 heavy (non-hydrogen) atoms. The number of carbonyl (C=O) groups excluding carboxylic acids is 1. The fourth-order valence-corrected chi connectivity index (χ4v) is 2.61. The Hall–Kier alpha value is -3.47. The smallest absolute Gasteiger partial charge is 0.367 e. The lowest BCUT2D eigenvalue weighted by atomic mass is 10.1. The van der Waals surface area contributed by atoms with Crippen molar-refractivity contribution in [2.75, 3.05) is 11.9 Å². The van der Waals surface area contributed by atoms with Crippen LogP contribution in [0.25, 0.3) is 11.4 Å². The minimum absolute atomic E-state index is 0.134. The van der Waals surface area contributed by atoms with E-state index in [1.54, 1.807) is 49.5 Å². The van der Waals surface area contributed by atoms with Crippen molar-refractivity contribution in [3.63, 3.8) is 0 Å². The van der Waals surface area contributed by atoms with Gasteiger partial charge in [-0.1, -0.05) is 36.4 Å². The normalized spacial score (nSPS) is 11.3. The molecule has 158 valence electrons. The summed E-state index contributed by atoms with van der Waals surface area (Å²) in [6, 6.07) is 13.4. The Balaban J connectivity index is 1.48. The lowest BCUT2D eigenvalue weighted by Gasteiger charge is -2.10. The van der Waals surface area contributed by atoms with Crippen molar-refractivity contribution >= 4 is 11.7 Å². The quantitative estimate of drug-likeness (QED) is 0.612. The summed E-state index contributed by atoms with van der Waals surface area (Å²) < 4.78 is 42.4. The number of urea groups is 1. The molecule has 2 amide bonds. The van der Waals surface area contributed by atoms with E-state index in [0.29, 0.717) is 17.1 Å². The summed E-state index contributed by atoms with van der Waals surface area (Å²) in [5.41, 5.74) is 2.74. The average Bonchev–Trinajstić information content (AvgIpc) is 3.12. The summed E-state index contributed by atoms with van der Waals surface area (Å²) >= 11 is 0. The van der Waals surface area contributed by atoms with Crippen LogP contribution in [0, 0.1) is 0 Å². The average molecular weight is 420 g/mol. The Labute approximate surface area is 170 Å². The van der Waals surface area contributed by atoms with E-state index < -0.39 is 18.8 Å². The number of alkyl halides is 3. The maximum atomic E-state index is 12.2. The van der Waals surface area contributed by atoms with Gasteiger partial charge in [0.15, 0.2) is 5.82 Å². The van der Waals surface area contributed by atoms with Crippen LogP contribution in [0.3, 0.4) is 0 Å². The number of tetrazole rings is 1. The molecular weight excluding hydrogens is 401 g/mol. The number of aryl methyl sites for hydroxylation is 1. The standard InChI is InChI=1S/C19H19F3N6O2/c1-28-17(25-26-27-28)15-3-2-4-16(9-15)24-18(29)23-10-13-5-7-14(8-6-13)11-30-12-19(20,21)22/h2-9H,10-12H2,1H3,(H2,23,24,29). The number of hydrogen-bond donors (Lipinski definition) is 2. The van der Waals surface area contributed by atoms with Gasteiger partial charge in [0.05, 0.1) is 6.61 Å². The Morgan fingerprint density at radius 3 is 2.53 bits per heavy atom. The van der Waals surface area contributed by atoms with E-state index in [2.05, 4.69) is 30.9 Å². The molecule has 0 bridgehead atoms. The van der Waals surface area contributed by atoms with Gasteiger partial charge in [0, 0.05) is 24.8 Å². The lowest BCUT2D eigenvalue weighted by Crippen LogP contribution is -2.28. The van der Waals surface area contributed by atoms with Gasteiger partial charge in [-0.3, -0.25) is 0 Å². The molecule has 0 aliphatic rings. The molecule has 0 unspecified atom stereocenters. The molecule has 0 aliphatic carbocycles. The molecule has 1 aromatic heterocycles. The highest BCUT2D eigenvalue weighted by Crippen LogP contribution is 2.19. The first-order chi connectivity index (χ1) is 14.3. The van der Waals surface area contributed by atoms with Gasteiger partial charge in [-0.25, -0.2) is 9.48 Å². The van der Waals surface area contributed by atoms with Crippen molar-refractivity contribution in [2.45, 2.75) is 19.3 Å². The number of amides is 2. The van der Waals surface area contributed by atoms with Crippen LogP contribution in [-0.4, -0.2) is 39.0 Å². The molecule has 8 nitrogen and oxygen atoms in total. The van der Waals surface area contributed by atoms with E-state index in [0.717, 1.165) is 11.1 Å². The number of ether oxygens (including phenoxy) is 1. The van der Waals surface area contributed by atoms with Crippen LogP contribution in [0.1, 0.15) is 11.1 Å². The van der Waals surface area contributed by atoms with Crippen LogP contribution in [0.2, 0.25) is 0 Å². The Kier molecular flexibility index (Phi) is 6.62. The number of nitrogens with zero attached hydrogens (tertiary/aromatic N) is 4. The van der Waals surface area contributed by atoms with Crippen molar-refractivity contribution in [3.05, 3.63) is 59.7 Å². The van der Waals surface area contributed by atoms with Crippen molar-refractivity contribution < 1.29 is 22.7 Å². The summed E-state index contributed by atoms with van der Waals surface area (Å²) in [6.45, 7) is -1.17. The van der Waals surface area contributed by atoms with Crippen LogP contribution in [0.5, 0.6) is 0 Å². The first-order valence-electron chi connectivity index (χ1n) is 8.90. The Bertz CT molecular complexity index is 988. The number of carbonyl (C=O) groups is 1. The molecule has 0 spiro atoms. The minimum atomic E-state index is -4.35. The molecule has 2 aromatic carbocycles. The second kappa shape index (κ2) is 9.35. The lowest BCUT2D eigenvalue weighted by molar-refractivity contribution is -0.176. The summed E-state index contributed by atoms with van der Waals surface area (Å²) in [5.74, 6) is 0.568. The highest BCUT2D eigenvalue weighted by molar-refractivity contribution is 5.89. The molecule has 1 heterocycles. The van der Waals surface area contributed by atoms with Crippen LogP contribution >= 0.6 is 0 Å². The summed E-state index contributed by atoms with van der Waals surface area (Å²) in [7, 11) is 1.72. The molecule has 0 aliphatic heterocycles. The zero-order chi connectivity index (χ0) is 21.6. The molecular formula is C19H19F3N6O2. The zero-order valence-electron chi connectivity index (χ0n) is 16.0. The number of rotatable bonds is 7. The molecule has 11 heteroatoms. The predicted molar refractivity (Wildman–Crippen MR) is 102 cm³/mol. The van der Waals surface area contributed by atoms with Crippen LogP contribution in [0.15, 0.2) is 48.5 Å². The van der Waals surface area contributed by atoms with Gasteiger partial charge in [-0.05, 0) is 33.7 Å². The third-order valence-corrected chi connectivity index (χ3v) is 4.01. The van der Waals surface area contributed by atoms with Gasteiger partial charge in [-0.15, -0.1) is 5.10 Å². The number of anilines is 1. The summed E-state index contributed by atoms with van der Waals surface area (Å²) in [6.07, 6.45) is -4.35. The van der Waals surface area contributed by atoms with Crippen LogP contribution < -0.4 is 10.6 Å². The maximum Gasteiger partial charge on any atom is 0.411 e.